The van der Waals surface area contributed by atoms with Crippen molar-refractivity contribution in [1.29, 1.82) is 0 Å². The number of pyridine rings is 1. The van der Waals surface area contributed by atoms with E-state index in [9.17, 15) is 18.3 Å². The van der Waals surface area contributed by atoms with E-state index >= 15 is 0 Å². The van der Waals surface area contributed by atoms with Gasteiger partial charge in [-0.3, -0.25) is 9.78 Å². The number of benzene rings is 1. The third-order valence-electron chi connectivity index (χ3n) is 5.90. The average molecular weight is 500 g/mol. The summed E-state index contributed by atoms with van der Waals surface area (Å²) in [6.45, 7) is 7.57. The Morgan fingerprint density at radius 1 is 1.26 bits per heavy atom. The number of carbonyl (C=O) groups is 1. The van der Waals surface area contributed by atoms with Gasteiger partial charge in [-0.1, -0.05) is 32.6 Å². The normalized spacial score (nSPS) is 20.4. The number of amides is 1. The molecule has 2 aromatic rings. The van der Waals surface area contributed by atoms with Crippen LogP contribution in [0.1, 0.15) is 43.6 Å². The van der Waals surface area contributed by atoms with Crippen molar-refractivity contribution in [3.05, 3.63) is 53.9 Å². The lowest BCUT2D eigenvalue weighted by atomic mass is 10.0. The van der Waals surface area contributed by atoms with Crippen LogP contribution in [-0.2, 0) is 10.0 Å². The molecule has 3 atom stereocenters. The van der Waals surface area contributed by atoms with Gasteiger partial charge in [-0.2, -0.15) is 4.31 Å². The number of fused-ring (bicyclic) bond motifs is 1. The number of ether oxygens (including phenoxy) is 1. The van der Waals surface area contributed by atoms with Gasteiger partial charge in [0.2, 0.25) is 10.0 Å². The molecule has 9 heteroatoms. The predicted molar refractivity (Wildman–Crippen MR) is 133 cm³/mol. The van der Waals surface area contributed by atoms with E-state index in [2.05, 4.69) is 16.8 Å². The number of aromatic nitrogens is 1. The van der Waals surface area contributed by atoms with Gasteiger partial charge >= 0.3 is 0 Å². The number of hydrogen-bond donors (Lipinski definition) is 1. The summed E-state index contributed by atoms with van der Waals surface area (Å²) in [6, 6.07) is 7.48. The lowest BCUT2D eigenvalue weighted by Crippen LogP contribution is -2.50. The Hall–Kier alpha value is -2.93. The molecule has 0 fully saturated rings. The highest BCUT2D eigenvalue weighted by Crippen LogP contribution is 2.34. The molecule has 8 nitrogen and oxygen atoms in total. The van der Waals surface area contributed by atoms with Gasteiger partial charge in [0.15, 0.2) is 0 Å². The van der Waals surface area contributed by atoms with Crippen LogP contribution in [0.15, 0.2) is 47.6 Å². The van der Waals surface area contributed by atoms with Gasteiger partial charge in [0, 0.05) is 55.0 Å². The van der Waals surface area contributed by atoms with E-state index in [0.29, 0.717) is 11.1 Å². The Morgan fingerprint density at radius 3 is 2.57 bits per heavy atom. The fraction of sp³-hybridized carbons (Fsp3) is 0.462. The molecule has 1 aromatic carbocycles. The highest BCUT2D eigenvalue weighted by atomic mass is 32.2. The number of nitrogens with zero attached hydrogens (tertiary/aromatic N) is 3. The van der Waals surface area contributed by atoms with Crippen LogP contribution in [-0.4, -0.2) is 72.5 Å². The summed E-state index contributed by atoms with van der Waals surface area (Å²) in [6.07, 6.45) is 2.62. The van der Waals surface area contributed by atoms with Crippen molar-refractivity contribution in [2.45, 2.75) is 44.7 Å². The molecule has 0 unspecified atom stereocenters. The minimum absolute atomic E-state index is 0.0212. The van der Waals surface area contributed by atoms with Crippen LogP contribution < -0.4 is 4.74 Å². The number of aliphatic hydroxyl groups is 1. The number of carbonyl (C=O) groups excluding carboxylic acids is 1. The first-order chi connectivity index (χ1) is 16.5. The molecule has 0 bridgehead atoms. The van der Waals surface area contributed by atoms with Crippen molar-refractivity contribution in [2.75, 3.05) is 26.7 Å². The topological polar surface area (TPSA) is 100 Å². The Kier molecular flexibility index (Phi) is 8.54. The number of aliphatic hydroxyl groups excluding tert-OH is 1. The van der Waals surface area contributed by atoms with E-state index in [1.54, 1.807) is 55.5 Å². The molecule has 0 saturated carbocycles. The van der Waals surface area contributed by atoms with E-state index in [1.165, 1.54) is 10.4 Å². The molecule has 2 heterocycles. The predicted octanol–water partition coefficient (Wildman–Crippen LogP) is 2.63. The number of likely N-dealkylation sites (N-methyl/N-ethyl adjacent to an activating group) is 1. The van der Waals surface area contributed by atoms with E-state index in [-0.39, 0.29) is 48.1 Å². The van der Waals surface area contributed by atoms with Crippen LogP contribution in [0.2, 0.25) is 0 Å². The van der Waals surface area contributed by atoms with Gasteiger partial charge in [-0.05, 0) is 37.3 Å². The zero-order valence-corrected chi connectivity index (χ0v) is 21.6. The third kappa shape index (κ3) is 6.20. The summed E-state index contributed by atoms with van der Waals surface area (Å²) >= 11 is 0. The molecule has 0 aliphatic carbocycles. The molecular weight excluding hydrogens is 466 g/mol. The first kappa shape index (κ1) is 26.7. The fourth-order valence-corrected chi connectivity index (χ4v) is 5.64. The van der Waals surface area contributed by atoms with Gasteiger partial charge in [-0.25, -0.2) is 8.42 Å². The molecule has 0 spiro atoms. The zero-order valence-electron chi connectivity index (χ0n) is 20.8. The molecule has 0 saturated heterocycles. The fourth-order valence-electron chi connectivity index (χ4n) is 3.82. The van der Waals surface area contributed by atoms with Crippen LogP contribution >= 0.6 is 0 Å². The van der Waals surface area contributed by atoms with Gasteiger partial charge in [0.1, 0.15) is 16.7 Å². The second kappa shape index (κ2) is 11.2. The van der Waals surface area contributed by atoms with E-state index in [1.807, 2.05) is 20.8 Å². The summed E-state index contributed by atoms with van der Waals surface area (Å²) in [5, 5.41) is 9.78. The lowest BCUT2D eigenvalue weighted by Gasteiger charge is -2.37. The van der Waals surface area contributed by atoms with Crippen LogP contribution in [0.25, 0.3) is 0 Å². The largest absolute Gasteiger partial charge is 0.487 e. The van der Waals surface area contributed by atoms with Gasteiger partial charge in [0.25, 0.3) is 5.91 Å². The molecule has 188 valence electrons. The maximum absolute atomic E-state index is 13.6. The standard InChI is InChI=1S/C26H33N3O5S/c1-18(2)6-7-21-8-9-25-23(14-21)34-24(16-28(5)26(31)22-10-12-27-13-11-22)19(3)15-29(20(4)17-30)35(25,32)33/h8-14,18-20,24,30H,15-17H2,1-5H3/t19-,20+,24-/m0/s1. The quantitative estimate of drug-likeness (QED) is 0.635. The monoisotopic (exact) mass is 499 g/mol. The van der Waals surface area contributed by atoms with Crippen LogP contribution in [0.4, 0.5) is 0 Å². The molecule has 1 aromatic heterocycles. The summed E-state index contributed by atoms with van der Waals surface area (Å²) in [4.78, 5) is 18.5. The zero-order chi connectivity index (χ0) is 25.8. The Labute approximate surface area is 208 Å². The molecule has 1 amide bonds. The second-order valence-corrected chi connectivity index (χ2v) is 11.1. The first-order valence-corrected chi connectivity index (χ1v) is 13.1. The van der Waals surface area contributed by atoms with Crippen LogP contribution in [0.3, 0.4) is 0 Å². The number of rotatable bonds is 5. The van der Waals surface area contributed by atoms with Gasteiger partial charge in [-0.15, -0.1) is 0 Å². The van der Waals surface area contributed by atoms with Crippen molar-refractivity contribution in [1.82, 2.24) is 14.2 Å². The smallest absolute Gasteiger partial charge is 0.253 e. The molecule has 3 rings (SSSR count). The molecule has 1 N–H and O–H groups in total. The second-order valence-electron chi connectivity index (χ2n) is 9.25. The number of hydrogen-bond acceptors (Lipinski definition) is 6. The van der Waals surface area contributed by atoms with Crippen molar-refractivity contribution >= 4 is 15.9 Å². The summed E-state index contributed by atoms with van der Waals surface area (Å²) in [5.41, 5.74) is 1.15. The van der Waals surface area contributed by atoms with Crippen molar-refractivity contribution in [2.24, 2.45) is 11.8 Å². The first-order valence-electron chi connectivity index (χ1n) is 11.6. The molecule has 0 radical (unpaired) electrons. The third-order valence-corrected chi connectivity index (χ3v) is 7.92. The van der Waals surface area contributed by atoms with E-state index in [4.69, 9.17) is 4.74 Å². The van der Waals surface area contributed by atoms with Gasteiger partial charge in [0.05, 0.1) is 13.2 Å². The SMILES string of the molecule is CC(C)C#Cc1ccc2c(c1)O[C@@H](CN(C)C(=O)c1ccncc1)[C@@H](C)CN([C@H](C)CO)S2(=O)=O. The molecular formula is C26H33N3O5S. The highest BCUT2D eigenvalue weighted by molar-refractivity contribution is 7.89. The van der Waals surface area contributed by atoms with Crippen molar-refractivity contribution < 1.29 is 23.1 Å². The maximum atomic E-state index is 13.6. The van der Waals surface area contributed by atoms with Crippen molar-refractivity contribution in [3.8, 4) is 17.6 Å². The summed E-state index contributed by atoms with van der Waals surface area (Å²) in [5.74, 6) is 6.03. The summed E-state index contributed by atoms with van der Waals surface area (Å²) < 4.78 is 34.7. The molecule has 35 heavy (non-hydrogen) atoms. The highest BCUT2D eigenvalue weighted by Gasteiger charge is 2.38. The van der Waals surface area contributed by atoms with Gasteiger partial charge < -0.3 is 14.7 Å². The Morgan fingerprint density at radius 2 is 1.94 bits per heavy atom. The molecule has 1 aliphatic rings. The van der Waals surface area contributed by atoms with Crippen molar-refractivity contribution in [3.63, 3.8) is 0 Å². The molecule has 1 aliphatic heterocycles. The maximum Gasteiger partial charge on any atom is 0.253 e. The number of sulfonamides is 1. The Balaban J connectivity index is 2.02. The van der Waals surface area contributed by atoms with Crippen LogP contribution in [0, 0.1) is 23.7 Å². The van der Waals surface area contributed by atoms with E-state index < -0.39 is 22.2 Å². The summed E-state index contributed by atoms with van der Waals surface area (Å²) in [7, 11) is -2.25. The minimum atomic E-state index is -3.93. The lowest BCUT2D eigenvalue weighted by molar-refractivity contribution is 0.0563. The average Bonchev–Trinajstić information content (AvgIpc) is 2.84. The van der Waals surface area contributed by atoms with E-state index in [0.717, 1.165) is 0 Å². The minimum Gasteiger partial charge on any atom is -0.487 e. The Bertz CT molecular complexity index is 1200. The van der Waals surface area contributed by atoms with Crippen LogP contribution in [0.5, 0.6) is 5.75 Å².